The number of hydrogen-bond donors (Lipinski definition) is 3. The quantitative estimate of drug-likeness (QED) is 0.773. The third-order valence-electron chi connectivity index (χ3n) is 3.08. The largest absolute Gasteiger partial charge is 0.335 e. The van der Waals surface area contributed by atoms with Crippen LogP contribution in [0.4, 0.5) is 16.2 Å². The summed E-state index contributed by atoms with van der Waals surface area (Å²) in [6.07, 6.45) is 1.30. The van der Waals surface area contributed by atoms with Crippen LogP contribution in [-0.2, 0) is 4.79 Å². The van der Waals surface area contributed by atoms with Gasteiger partial charge in [-0.1, -0.05) is 19.9 Å². The van der Waals surface area contributed by atoms with E-state index < -0.39 is 0 Å². The second-order valence-corrected chi connectivity index (χ2v) is 4.84. The van der Waals surface area contributed by atoms with Crippen LogP contribution in [0, 0.1) is 6.92 Å². The van der Waals surface area contributed by atoms with Gasteiger partial charge in [0, 0.05) is 23.8 Å². The molecule has 0 unspecified atom stereocenters. The predicted octanol–water partition coefficient (Wildman–Crippen LogP) is 3.26. The van der Waals surface area contributed by atoms with Gasteiger partial charge in [0.1, 0.15) is 0 Å². The zero-order chi connectivity index (χ0) is 15.1. The molecule has 0 aliphatic rings. The highest BCUT2D eigenvalue weighted by atomic mass is 16.2. The number of nitrogens with one attached hydrogen (secondary N) is 3. The van der Waals surface area contributed by atoms with Gasteiger partial charge in [0.2, 0.25) is 5.91 Å². The van der Waals surface area contributed by atoms with Crippen molar-refractivity contribution in [1.29, 1.82) is 0 Å². The van der Waals surface area contributed by atoms with Crippen molar-refractivity contribution in [1.82, 2.24) is 5.32 Å². The van der Waals surface area contributed by atoms with Crippen LogP contribution >= 0.6 is 0 Å². The number of rotatable bonds is 5. The van der Waals surface area contributed by atoms with E-state index in [0.29, 0.717) is 17.8 Å². The lowest BCUT2D eigenvalue weighted by atomic mass is 10.1. The van der Waals surface area contributed by atoms with Crippen molar-refractivity contribution in [3.8, 4) is 0 Å². The third kappa shape index (κ3) is 4.91. The first-order valence-corrected chi connectivity index (χ1v) is 6.94. The molecule has 0 saturated heterocycles. The van der Waals surface area contributed by atoms with Gasteiger partial charge in [-0.15, -0.1) is 0 Å². The van der Waals surface area contributed by atoms with Crippen molar-refractivity contribution in [2.45, 2.75) is 46.6 Å². The molecule has 0 radical (unpaired) electrons. The second kappa shape index (κ2) is 7.53. The summed E-state index contributed by atoms with van der Waals surface area (Å²) in [4.78, 5) is 23.2. The van der Waals surface area contributed by atoms with Gasteiger partial charge in [-0.3, -0.25) is 4.79 Å². The molecule has 1 atom stereocenters. The van der Waals surface area contributed by atoms with Crippen LogP contribution in [-0.4, -0.2) is 18.0 Å². The highest BCUT2D eigenvalue weighted by Gasteiger charge is 2.08. The number of amides is 3. The van der Waals surface area contributed by atoms with Crippen LogP contribution in [0.3, 0.4) is 0 Å². The summed E-state index contributed by atoms with van der Waals surface area (Å²) >= 11 is 0. The molecule has 0 spiro atoms. The smallest absolute Gasteiger partial charge is 0.319 e. The van der Waals surface area contributed by atoms with Gasteiger partial charge in [0.25, 0.3) is 0 Å². The molecule has 5 heteroatoms. The minimum atomic E-state index is -0.235. The molecule has 0 heterocycles. The van der Waals surface area contributed by atoms with Crippen molar-refractivity contribution < 1.29 is 9.59 Å². The molecule has 3 N–H and O–H groups in total. The average molecular weight is 277 g/mol. The van der Waals surface area contributed by atoms with Gasteiger partial charge in [-0.05, 0) is 38.0 Å². The molecule has 1 aromatic carbocycles. The molecular formula is C15H23N3O2. The zero-order valence-electron chi connectivity index (χ0n) is 12.5. The summed E-state index contributed by atoms with van der Waals surface area (Å²) in [6.45, 7) is 7.66. The van der Waals surface area contributed by atoms with Gasteiger partial charge in [0.05, 0.1) is 0 Å². The zero-order valence-corrected chi connectivity index (χ0v) is 12.5. The first-order valence-electron chi connectivity index (χ1n) is 6.94. The summed E-state index contributed by atoms with van der Waals surface area (Å²) in [5, 5.41) is 8.42. The summed E-state index contributed by atoms with van der Waals surface area (Å²) in [5.41, 5.74) is 2.32. The van der Waals surface area contributed by atoms with Crippen LogP contribution in [0.5, 0.6) is 0 Å². The Morgan fingerprint density at radius 2 is 1.90 bits per heavy atom. The molecule has 0 aliphatic heterocycles. The van der Waals surface area contributed by atoms with Gasteiger partial charge in [-0.2, -0.15) is 0 Å². The van der Waals surface area contributed by atoms with Gasteiger partial charge in [0.15, 0.2) is 0 Å². The van der Waals surface area contributed by atoms with Gasteiger partial charge < -0.3 is 16.0 Å². The van der Waals surface area contributed by atoms with Crippen LogP contribution in [0.25, 0.3) is 0 Å². The maximum Gasteiger partial charge on any atom is 0.319 e. The van der Waals surface area contributed by atoms with Crippen LogP contribution in [0.1, 0.15) is 39.2 Å². The number of hydrogen-bond acceptors (Lipinski definition) is 2. The Morgan fingerprint density at radius 1 is 1.20 bits per heavy atom. The Morgan fingerprint density at radius 3 is 2.50 bits per heavy atom. The monoisotopic (exact) mass is 277 g/mol. The van der Waals surface area contributed by atoms with Crippen LogP contribution < -0.4 is 16.0 Å². The van der Waals surface area contributed by atoms with Crippen LogP contribution in [0.15, 0.2) is 18.2 Å². The Balaban J connectivity index is 2.76. The maximum atomic E-state index is 11.8. The van der Waals surface area contributed by atoms with E-state index in [-0.39, 0.29) is 18.0 Å². The fraction of sp³-hybridized carbons (Fsp3) is 0.467. The van der Waals surface area contributed by atoms with Gasteiger partial charge >= 0.3 is 6.03 Å². The summed E-state index contributed by atoms with van der Waals surface area (Å²) in [7, 11) is 0. The van der Waals surface area contributed by atoms with E-state index in [2.05, 4.69) is 16.0 Å². The van der Waals surface area contributed by atoms with Crippen molar-refractivity contribution in [3.63, 3.8) is 0 Å². The number of carbonyl (C=O) groups excluding carboxylic acids is 2. The Labute approximate surface area is 120 Å². The standard InChI is InChI=1S/C15H23N3O2/c1-5-11(4)16-15(20)18-13-9-12(8-7-10(13)3)17-14(19)6-2/h7-9,11H,5-6H2,1-4H3,(H,17,19)(H2,16,18,20)/t11-/m1/s1. The van der Waals surface area contributed by atoms with Crippen molar-refractivity contribution in [2.75, 3.05) is 10.6 Å². The lowest BCUT2D eigenvalue weighted by molar-refractivity contribution is -0.115. The van der Waals surface area contributed by atoms with E-state index >= 15 is 0 Å². The maximum absolute atomic E-state index is 11.8. The first kappa shape index (κ1) is 16.0. The molecule has 3 amide bonds. The van der Waals surface area contributed by atoms with Crippen LogP contribution in [0.2, 0.25) is 0 Å². The fourth-order valence-electron chi connectivity index (χ4n) is 1.57. The summed E-state index contributed by atoms with van der Waals surface area (Å²) in [5.74, 6) is -0.0520. The first-order chi connectivity index (χ1) is 9.46. The molecule has 0 saturated carbocycles. The lowest BCUT2D eigenvalue weighted by Gasteiger charge is -2.15. The minimum Gasteiger partial charge on any atom is -0.335 e. The minimum absolute atomic E-state index is 0.0520. The molecule has 0 fully saturated rings. The highest BCUT2D eigenvalue weighted by molar-refractivity contribution is 5.94. The Hall–Kier alpha value is -2.04. The van der Waals surface area contributed by atoms with Crippen molar-refractivity contribution in [2.24, 2.45) is 0 Å². The molecule has 5 nitrogen and oxygen atoms in total. The molecule has 1 aromatic rings. The van der Waals surface area contributed by atoms with E-state index in [4.69, 9.17) is 0 Å². The van der Waals surface area contributed by atoms with Crippen molar-refractivity contribution >= 4 is 23.3 Å². The highest BCUT2D eigenvalue weighted by Crippen LogP contribution is 2.20. The normalized spacial score (nSPS) is 11.6. The third-order valence-corrected chi connectivity index (χ3v) is 3.08. The molecular weight excluding hydrogens is 254 g/mol. The molecule has 1 rings (SSSR count). The van der Waals surface area contributed by atoms with Crippen molar-refractivity contribution in [3.05, 3.63) is 23.8 Å². The second-order valence-electron chi connectivity index (χ2n) is 4.84. The average Bonchev–Trinajstić information content (AvgIpc) is 2.42. The van der Waals surface area contributed by atoms with E-state index in [1.165, 1.54) is 0 Å². The summed E-state index contributed by atoms with van der Waals surface area (Å²) < 4.78 is 0. The fourth-order valence-corrected chi connectivity index (χ4v) is 1.57. The topological polar surface area (TPSA) is 70.2 Å². The number of carbonyl (C=O) groups is 2. The number of anilines is 2. The molecule has 0 bridgehead atoms. The molecule has 110 valence electrons. The molecule has 0 aromatic heterocycles. The Bertz CT molecular complexity index is 486. The Kier molecular flexibility index (Phi) is 6.03. The lowest BCUT2D eigenvalue weighted by Crippen LogP contribution is -2.35. The predicted molar refractivity (Wildman–Crippen MR) is 82.0 cm³/mol. The molecule has 0 aliphatic carbocycles. The van der Waals surface area contributed by atoms with E-state index in [9.17, 15) is 9.59 Å². The number of benzene rings is 1. The van der Waals surface area contributed by atoms with Gasteiger partial charge in [-0.25, -0.2) is 4.79 Å². The molecule has 20 heavy (non-hydrogen) atoms. The van der Waals surface area contributed by atoms with E-state index in [1.54, 1.807) is 13.0 Å². The van der Waals surface area contributed by atoms with E-state index in [1.807, 2.05) is 32.9 Å². The number of aryl methyl sites for hydroxylation is 1. The number of urea groups is 1. The summed E-state index contributed by atoms with van der Waals surface area (Å²) in [6, 6.07) is 5.34. The SMILES string of the molecule is CCC(=O)Nc1ccc(C)c(NC(=O)N[C@H](C)CC)c1. The van der Waals surface area contributed by atoms with E-state index in [0.717, 1.165) is 12.0 Å².